The Balaban J connectivity index is 2.30. The van der Waals surface area contributed by atoms with Gasteiger partial charge in [-0.2, -0.15) is 8.42 Å². The van der Waals surface area contributed by atoms with Crippen LogP contribution in [-0.2, 0) is 21.5 Å². The molecule has 0 N–H and O–H groups in total. The third kappa shape index (κ3) is 5.73. The molecule has 0 radical (unpaired) electrons. The summed E-state index contributed by atoms with van der Waals surface area (Å²) >= 11 is 6.09. The van der Waals surface area contributed by atoms with Crippen LogP contribution in [0, 0.1) is 12.8 Å². The van der Waals surface area contributed by atoms with Gasteiger partial charge < -0.3 is 9.08 Å². The first-order chi connectivity index (χ1) is 13.6. The predicted molar refractivity (Wildman–Crippen MR) is 116 cm³/mol. The van der Waals surface area contributed by atoms with E-state index in [0.717, 1.165) is 12.0 Å². The van der Waals surface area contributed by atoms with Gasteiger partial charge >= 0.3 is 10.1 Å². The Kier molecular flexibility index (Phi) is 7.72. The fourth-order valence-corrected chi connectivity index (χ4v) is 4.71. The van der Waals surface area contributed by atoms with E-state index in [9.17, 15) is 13.2 Å². The first-order valence-corrected chi connectivity index (χ1v) is 11.4. The van der Waals surface area contributed by atoms with E-state index in [2.05, 4.69) is 0 Å². The molecule has 0 aromatic heterocycles. The van der Waals surface area contributed by atoms with Gasteiger partial charge in [0.05, 0.1) is 5.02 Å². The molecule has 0 unspecified atom stereocenters. The largest absolute Gasteiger partial charge is 0.379 e. The third-order valence-electron chi connectivity index (χ3n) is 4.77. The lowest BCUT2D eigenvalue weighted by Crippen LogP contribution is -2.40. The van der Waals surface area contributed by atoms with Gasteiger partial charge in [0.25, 0.3) is 0 Å². The minimum atomic E-state index is -4.08. The second kappa shape index (κ2) is 9.63. The number of benzene rings is 2. The van der Waals surface area contributed by atoms with E-state index in [1.807, 2.05) is 38.7 Å². The molecule has 158 valence electrons. The monoisotopic (exact) mass is 437 g/mol. The van der Waals surface area contributed by atoms with Crippen LogP contribution < -0.4 is 4.18 Å². The van der Waals surface area contributed by atoms with E-state index in [1.165, 1.54) is 6.07 Å². The number of rotatable bonds is 8. The zero-order chi connectivity index (χ0) is 21.8. The van der Waals surface area contributed by atoms with Crippen LogP contribution in [0.3, 0.4) is 0 Å². The number of hydrogen-bond acceptors (Lipinski definition) is 4. The molecule has 7 heteroatoms. The first-order valence-electron chi connectivity index (χ1n) is 9.65. The molecule has 0 heterocycles. The number of nitrogens with zero attached hydrogens (tertiary/aromatic N) is 1. The minimum Gasteiger partial charge on any atom is -0.379 e. The zero-order valence-corrected chi connectivity index (χ0v) is 19.0. The molecule has 2 rings (SSSR count). The van der Waals surface area contributed by atoms with Crippen molar-refractivity contribution in [2.45, 2.75) is 58.5 Å². The van der Waals surface area contributed by atoms with E-state index in [4.69, 9.17) is 15.8 Å². The average Bonchev–Trinajstić information content (AvgIpc) is 2.64. The van der Waals surface area contributed by atoms with Gasteiger partial charge in [-0.15, -0.1) is 0 Å². The molecule has 0 aliphatic heterocycles. The number of aryl methyl sites for hydroxylation is 1. The Morgan fingerprint density at radius 3 is 2.38 bits per heavy atom. The van der Waals surface area contributed by atoms with Gasteiger partial charge in [-0.1, -0.05) is 56.6 Å². The summed E-state index contributed by atoms with van der Waals surface area (Å²) in [5.74, 6) is 0.125. The first kappa shape index (κ1) is 23.2. The highest BCUT2D eigenvalue weighted by molar-refractivity contribution is 7.87. The number of carbonyl (C=O) groups is 1. The summed E-state index contributed by atoms with van der Waals surface area (Å²) in [7, 11) is -4.08. The van der Waals surface area contributed by atoms with E-state index in [1.54, 1.807) is 37.3 Å². The normalized spacial score (nSPS) is 12.7. The van der Waals surface area contributed by atoms with Gasteiger partial charge in [-0.05, 0) is 49.6 Å². The van der Waals surface area contributed by atoms with Crippen molar-refractivity contribution in [1.29, 1.82) is 0 Å². The summed E-state index contributed by atoms with van der Waals surface area (Å²) < 4.78 is 30.9. The number of hydrogen-bond donors (Lipinski definition) is 0. The molecule has 2 aromatic carbocycles. The lowest BCUT2D eigenvalue weighted by Gasteiger charge is -2.30. The van der Waals surface area contributed by atoms with Crippen LogP contribution in [-0.4, -0.2) is 25.3 Å². The molecular formula is C22H28ClNO4S. The van der Waals surface area contributed by atoms with Crippen LogP contribution >= 0.6 is 11.6 Å². The molecule has 0 spiro atoms. The van der Waals surface area contributed by atoms with Gasteiger partial charge in [0.2, 0.25) is 5.91 Å². The highest BCUT2D eigenvalue weighted by Gasteiger charge is 2.24. The van der Waals surface area contributed by atoms with Crippen molar-refractivity contribution in [2.24, 2.45) is 5.92 Å². The molecule has 0 aliphatic carbocycles. The highest BCUT2D eigenvalue weighted by Crippen LogP contribution is 2.28. The second-order valence-corrected chi connectivity index (χ2v) is 9.34. The molecule has 0 aliphatic rings. The van der Waals surface area contributed by atoms with Crippen LogP contribution in [0.5, 0.6) is 5.75 Å². The van der Waals surface area contributed by atoms with Gasteiger partial charge in [0.1, 0.15) is 10.6 Å². The standard InChI is InChI=1S/C22H28ClNO4S/c1-6-17(5)24(22(25)15(2)3)14-18-10-8-11-19(13-18)28-29(26,27)21-16(4)9-7-12-20(21)23/h7-13,15,17H,6,14H2,1-5H3/t17-/m0/s1. The summed E-state index contributed by atoms with van der Waals surface area (Å²) in [6, 6.07) is 11.7. The van der Waals surface area contributed by atoms with Gasteiger partial charge in [0, 0.05) is 18.5 Å². The summed E-state index contributed by atoms with van der Waals surface area (Å²) in [5.41, 5.74) is 1.31. The molecule has 5 nitrogen and oxygen atoms in total. The quantitative estimate of drug-likeness (QED) is 0.532. The van der Waals surface area contributed by atoms with Crippen molar-refractivity contribution in [1.82, 2.24) is 4.90 Å². The number of carbonyl (C=O) groups excluding carboxylic acids is 1. The summed E-state index contributed by atoms with van der Waals surface area (Å²) in [5, 5.41) is 0.117. The van der Waals surface area contributed by atoms with Crippen LogP contribution in [0.2, 0.25) is 5.02 Å². The van der Waals surface area contributed by atoms with Crippen LogP contribution in [0.1, 0.15) is 45.2 Å². The number of amides is 1. The fraction of sp³-hybridized carbons (Fsp3) is 0.409. The molecule has 29 heavy (non-hydrogen) atoms. The van der Waals surface area contributed by atoms with Crippen molar-refractivity contribution < 1.29 is 17.4 Å². The van der Waals surface area contributed by atoms with Crippen molar-refractivity contribution >= 4 is 27.6 Å². The Morgan fingerprint density at radius 1 is 1.14 bits per heavy atom. The third-order valence-corrected chi connectivity index (χ3v) is 6.65. The lowest BCUT2D eigenvalue weighted by molar-refractivity contribution is -0.137. The summed E-state index contributed by atoms with van der Waals surface area (Å²) in [6.45, 7) is 9.83. The van der Waals surface area contributed by atoms with Gasteiger partial charge in [0.15, 0.2) is 0 Å². The zero-order valence-electron chi connectivity index (χ0n) is 17.5. The maximum atomic E-state index is 12.8. The van der Waals surface area contributed by atoms with Gasteiger partial charge in [-0.25, -0.2) is 0 Å². The molecular weight excluding hydrogens is 410 g/mol. The van der Waals surface area contributed by atoms with Crippen LogP contribution in [0.4, 0.5) is 0 Å². The predicted octanol–water partition coefficient (Wildman–Crippen LogP) is 5.20. The maximum Gasteiger partial charge on any atom is 0.340 e. The summed E-state index contributed by atoms with van der Waals surface area (Å²) in [4.78, 5) is 14.4. The minimum absolute atomic E-state index is 0.0386. The molecule has 0 saturated heterocycles. The molecule has 0 bridgehead atoms. The van der Waals surface area contributed by atoms with E-state index in [-0.39, 0.29) is 33.5 Å². The lowest BCUT2D eigenvalue weighted by atomic mass is 10.1. The molecule has 1 atom stereocenters. The molecule has 0 fully saturated rings. The van der Waals surface area contributed by atoms with Gasteiger partial charge in [-0.3, -0.25) is 4.79 Å². The Morgan fingerprint density at radius 2 is 1.79 bits per heavy atom. The van der Waals surface area contributed by atoms with Crippen molar-refractivity contribution in [3.8, 4) is 5.75 Å². The maximum absolute atomic E-state index is 12.8. The highest BCUT2D eigenvalue weighted by atomic mass is 35.5. The molecule has 1 amide bonds. The average molecular weight is 438 g/mol. The van der Waals surface area contributed by atoms with Crippen LogP contribution in [0.15, 0.2) is 47.4 Å². The van der Waals surface area contributed by atoms with Crippen LogP contribution in [0.25, 0.3) is 0 Å². The van der Waals surface area contributed by atoms with Crippen molar-refractivity contribution in [3.05, 3.63) is 58.6 Å². The van der Waals surface area contributed by atoms with Crippen molar-refractivity contribution in [2.75, 3.05) is 0 Å². The van der Waals surface area contributed by atoms with E-state index >= 15 is 0 Å². The van der Waals surface area contributed by atoms with E-state index in [0.29, 0.717) is 12.1 Å². The van der Waals surface area contributed by atoms with Crippen molar-refractivity contribution in [3.63, 3.8) is 0 Å². The summed E-state index contributed by atoms with van der Waals surface area (Å²) in [6.07, 6.45) is 0.828. The second-order valence-electron chi connectivity index (χ2n) is 7.45. The topological polar surface area (TPSA) is 63.7 Å². The van der Waals surface area contributed by atoms with E-state index < -0.39 is 10.1 Å². The Hall–Kier alpha value is -2.05. The Labute approximate surface area is 178 Å². The number of halogens is 1. The smallest absolute Gasteiger partial charge is 0.340 e. The fourth-order valence-electron chi connectivity index (χ4n) is 3.00. The SMILES string of the molecule is CC[C@H](C)N(Cc1cccc(OS(=O)(=O)c2c(C)cccc2Cl)c1)C(=O)C(C)C. The molecule has 0 saturated carbocycles. The molecule has 2 aromatic rings. The Bertz CT molecular complexity index is 952.